The highest BCUT2D eigenvalue weighted by Crippen LogP contribution is 2.27. The average Bonchev–Trinajstić information content (AvgIpc) is 2.50. The second-order valence-electron chi connectivity index (χ2n) is 7.06. The summed E-state index contributed by atoms with van der Waals surface area (Å²) in [5, 5.41) is 2.40. The number of aryl methyl sites for hydroxylation is 1. The summed E-state index contributed by atoms with van der Waals surface area (Å²) < 4.78 is 15.7. The lowest BCUT2D eigenvalue weighted by molar-refractivity contribution is -0.148. The first kappa shape index (κ1) is 20.8. The van der Waals surface area contributed by atoms with Gasteiger partial charge >= 0.3 is 12.1 Å². The van der Waals surface area contributed by atoms with Crippen molar-refractivity contribution in [3.63, 3.8) is 0 Å². The molecule has 0 bridgehead atoms. The number of nitrogens with one attached hydrogen (secondary N) is 1. The number of hydrogen-bond acceptors (Lipinski definition) is 5. The van der Waals surface area contributed by atoms with Crippen LogP contribution in [0.3, 0.4) is 0 Å². The SMILES string of the molecule is COc1ccc([C@H](C)[C@H](C)OC(=O)CNC(=O)OC(C)(C)C)c(C)c1. The molecule has 1 amide bonds. The lowest BCUT2D eigenvalue weighted by atomic mass is 9.92. The second kappa shape index (κ2) is 8.74. The fourth-order valence-corrected chi connectivity index (χ4v) is 2.35. The number of ether oxygens (including phenoxy) is 3. The van der Waals surface area contributed by atoms with Crippen LogP contribution < -0.4 is 10.1 Å². The quantitative estimate of drug-likeness (QED) is 0.793. The minimum absolute atomic E-state index is 0.0105. The Morgan fingerprint density at radius 2 is 1.84 bits per heavy atom. The van der Waals surface area contributed by atoms with E-state index in [1.54, 1.807) is 27.9 Å². The summed E-state index contributed by atoms with van der Waals surface area (Å²) in [6.45, 7) is 10.9. The summed E-state index contributed by atoms with van der Waals surface area (Å²) in [6.07, 6.45) is -0.976. The third kappa shape index (κ3) is 7.03. The zero-order valence-electron chi connectivity index (χ0n) is 16.1. The number of benzene rings is 1. The number of esters is 1. The number of carbonyl (C=O) groups is 2. The molecule has 0 heterocycles. The highest BCUT2D eigenvalue weighted by molar-refractivity contribution is 5.78. The smallest absolute Gasteiger partial charge is 0.408 e. The minimum Gasteiger partial charge on any atom is -0.497 e. The standard InChI is InChI=1S/C19H29NO5/c1-12-10-15(23-7)8-9-16(12)13(2)14(3)24-17(21)11-20-18(22)25-19(4,5)6/h8-10,13-14H,11H2,1-7H3,(H,20,22)/t13-,14+/m1/s1. The van der Waals surface area contributed by atoms with Crippen molar-refractivity contribution in [2.45, 2.75) is 59.2 Å². The van der Waals surface area contributed by atoms with E-state index in [9.17, 15) is 9.59 Å². The molecule has 0 aliphatic rings. The predicted octanol–water partition coefficient (Wildman–Crippen LogP) is 3.56. The second-order valence-corrected chi connectivity index (χ2v) is 7.06. The number of methoxy groups -OCH3 is 1. The van der Waals surface area contributed by atoms with Gasteiger partial charge in [0.15, 0.2) is 0 Å². The number of rotatable bonds is 6. The Kier molecular flexibility index (Phi) is 7.27. The summed E-state index contributed by atoms with van der Waals surface area (Å²) in [4.78, 5) is 23.5. The Balaban J connectivity index is 2.56. The first-order chi connectivity index (χ1) is 11.5. The van der Waals surface area contributed by atoms with E-state index < -0.39 is 17.7 Å². The molecule has 0 aliphatic carbocycles. The zero-order chi connectivity index (χ0) is 19.2. The van der Waals surface area contributed by atoms with Crippen LogP contribution in [0.25, 0.3) is 0 Å². The van der Waals surface area contributed by atoms with Gasteiger partial charge in [0.05, 0.1) is 7.11 Å². The van der Waals surface area contributed by atoms with Crippen LogP contribution >= 0.6 is 0 Å². The van der Waals surface area contributed by atoms with Gasteiger partial charge in [-0.2, -0.15) is 0 Å². The molecule has 6 nitrogen and oxygen atoms in total. The van der Waals surface area contributed by atoms with E-state index in [2.05, 4.69) is 5.32 Å². The zero-order valence-corrected chi connectivity index (χ0v) is 16.1. The first-order valence-corrected chi connectivity index (χ1v) is 8.34. The van der Waals surface area contributed by atoms with Crippen molar-refractivity contribution < 1.29 is 23.8 Å². The molecule has 0 aromatic heterocycles. The summed E-state index contributed by atoms with van der Waals surface area (Å²) >= 11 is 0. The maximum absolute atomic E-state index is 11.9. The van der Waals surface area contributed by atoms with Crippen LogP contribution in [0.15, 0.2) is 18.2 Å². The van der Waals surface area contributed by atoms with Crippen LogP contribution in [0.2, 0.25) is 0 Å². The maximum Gasteiger partial charge on any atom is 0.408 e. The van der Waals surface area contributed by atoms with E-state index in [0.717, 1.165) is 16.9 Å². The third-order valence-corrected chi connectivity index (χ3v) is 3.76. The molecule has 0 fully saturated rings. The molecule has 1 N–H and O–H groups in total. The monoisotopic (exact) mass is 351 g/mol. The molecule has 0 radical (unpaired) electrons. The largest absolute Gasteiger partial charge is 0.497 e. The molecule has 0 saturated heterocycles. The van der Waals surface area contributed by atoms with Crippen molar-refractivity contribution in [3.8, 4) is 5.75 Å². The van der Waals surface area contributed by atoms with Crippen molar-refractivity contribution >= 4 is 12.1 Å². The molecular weight excluding hydrogens is 322 g/mol. The molecule has 0 unspecified atom stereocenters. The lowest BCUT2D eigenvalue weighted by Gasteiger charge is -2.23. The minimum atomic E-state index is -0.642. The Hall–Kier alpha value is -2.24. The number of amides is 1. The normalized spacial score (nSPS) is 13.6. The van der Waals surface area contributed by atoms with Crippen molar-refractivity contribution in [2.75, 3.05) is 13.7 Å². The van der Waals surface area contributed by atoms with Crippen molar-refractivity contribution in [3.05, 3.63) is 29.3 Å². The molecule has 0 saturated carbocycles. The van der Waals surface area contributed by atoms with E-state index >= 15 is 0 Å². The molecule has 0 spiro atoms. The van der Waals surface area contributed by atoms with E-state index in [-0.39, 0.29) is 18.6 Å². The molecule has 1 rings (SSSR count). The van der Waals surface area contributed by atoms with Crippen molar-refractivity contribution in [1.29, 1.82) is 0 Å². The van der Waals surface area contributed by atoms with Crippen LogP contribution in [0, 0.1) is 6.92 Å². The van der Waals surface area contributed by atoms with Gasteiger partial charge in [-0.25, -0.2) is 4.79 Å². The van der Waals surface area contributed by atoms with Crippen molar-refractivity contribution in [2.24, 2.45) is 0 Å². The molecule has 1 aromatic carbocycles. The van der Waals surface area contributed by atoms with E-state index in [4.69, 9.17) is 14.2 Å². The van der Waals surface area contributed by atoms with Gasteiger partial charge in [-0.15, -0.1) is 0 Å². The van der Waals surface area contributed by atoms with Crippen LogP contribution in [0.5, 0.6) is 5.75 Å². The number of alkyl carbamates (subject to hydrolysis) is 1. The highest BCUT2D eigenvalue weighted by Gasteiger charge is 2.21. The average molecular weight is 351 g/mol. The number of hydrogen-bond donors (Lipinski definition) is 1. The Bertz CT molecular complexity index is 606. The number of carbonyl (C=O) groups excluding carboxylic acids is 2. The van der Waals surface area contributed by atoms with E-state index in [1.807, 2.05) is 39.0 Å². The Morgan fingerprint density at radius 1 is 1.20 bits per heavy atom. The molecule has 2 atom stereocenters. The van der Waals surface area contributed by atoms with Gasteiger partial charge in [0.1, 0.15) is 24.0 Å². The van der Waals surface area contributed by atoms with Crippen LogP contribution in [0.1, 0.15) is 51.7 Å². The van der Waals surface area contributed by atoms with Gasteiger partial charge in [0, 0.05) is 5.92 Å². The predicted molar refractivity (Wildman–Crippen MR) is 95.9 cm³/mol. The van der Waals surface area contributed by atoms with Gasteiger partial charge in [0.2, 0.25) is 0 Å². The van der Waals surface area contributed by atoms with Crippen LogP contribution in [0.4, 0.5) is 4.79 Å². The van der Waals surface area contributed by atoms with Gasteiger partial charge in [-0.05, 0) is 57.9 Å². The molecule has 6 heteroatoms. The molecule has 25 heavy (non-hydrogen) atoms. The van der Waals surface area contributed by atoms with E-state index in [0.29, 0.717) is 0 Å². The van der Waals surface area contributed by atoms with Gasteiger partial charge in [-0.3, -0.25) is 4.79 Å². The maximum atomic E-state index is 11.9. The van der Waals surface area contributed by atoms with Crippen LogP contribution in [-0.4, -0.2) is 37.4 Å². The lowest BCUT2D eigenvalue weighted by Crippen LogP contribution is -2.37. The summed E-state index contributed by atoms with van der Waals surface area (Å²) in [6, 6.07) is 5.81. The summed E-state index contributed by atoms with van der Waals surface area (Å²) in [5.74, 6) is 0.299. The molecule has 140 valence electrons. The summed E-state index contributed by atoms with van der Waals surface area (Å²) in [5.41, 5.74) is 1.55. The van der Waals surface area contributed by atoms with Crippen molar-refractivity contribution in [1.82, 2.24) is 5.32 Å². The third-order valence-electron chi connectivity index (χ3n) is 3.76. The fourth-order valence-electron chi connectivity index (χ4n) is 2.35. The van der Waals surface area contributed by atoms with Gasteiger partial charge in [0.25, 0.3) is 0 Å². The molecule has 1 aromatic rings. The van der Waals surface area contributed by atoms with Gasteiger partial charge < -0.3 is 19.5 Å². The fraction of sp³-hybridized carbons (Fsp3) is 0.579. The summed E-state index contributed by atoms with van der Waals surface area (Å²) in [7, 11) is 1.62. The topological polar surface area (TPSA) is 73.9 Å². The van der Waals surface area contributed by atoms with Gasteiger partial charge in [-0.1, -0.05) is 13.0 Å². The van der Waals surface area contributed by atoms with E-state index in [1.165, 1.54) is 0 Å². The Morgan fingerprint density at radius 3 is 2.36 bits per heavy atom. The Labute approximate surface area is 149 Å². The molecular formula is C19H29NO5. The van der Waals surface area contributed by atoms with Crippen LogP contribution in [-0.2, 0) is 14.3 Å². The molecule has 0 aliphatic heterocycles. The highest BCUT2D eigenvalue weighted by atomic mass is 16.6. The first-order valence-electron chi connectivity index (χ1n) is 8.34.